The van der Waals surface area contributed by atoms with Gasteiger partial charge in [0.15, 0.2) is 5.41 Å². The van der Waals surface area contributed by atoms with Gasteiger partial charge < -0.3 is 9.47 Å². The van der Waals surface area contributed by atoms with Gasteiger partial charge in [0.25, 0.3) is 0 Å². The molecule has 0 unspecified atom stereocenters. The highest BCUT2D eigenvalue weighted by Crippen LogP contribution is 2.43. The minimum absolute atomic E-state index is 0.248. The molecule has 1 aromatic rings. The van der Waals surface area contributed by atoms with E-state index in [1.807, 2.05) is 18.2 Å². The summed E-state index contributed by atoms with van der Waals surface area (Å²) in [6.45, 7) is 3.99. The summed E-state index contributed by atoms with van der Waals surface area (Å²) in [5, 5.41) is 0. The van der Waals surface area contributed by atoms with Crippen molar-refractivity contribution in [3.05, 3.63) is 35.9 Å². The van der Waals surface area contributed by atoms with E-state index in [9.17, 15) is 9.59 Å². The summed E-state index contributed by atoms with van der Waals surface area (Å²) >= 11 is 0. The summed E-state index contributed by atoms with van der Waals surface area (Å²) in [6, 6.07) is 9.12. The zero-order valence-corrected chi connectivity index (χ0v) is 12.6. The highest BCUT2D eigenvalue weighted by molar-refractivity contribution is 6.06. The number of carbonyl (C=O) groups excluding carboxylic acids is 2. The number of hydrogen-bond donors (Lipinski definition) is 0. The third-order valence-electron chi connectivity index (χ3n) is 3.81. The molecule has 0 aliphatic heterocycles. The Balaban J connectivity index is 2.46. The number of hydrogen-bond acceptors (Lipinski definition) is 4. The van der Waals surface area contributed by atoms with Crippen molar-refractivity contribution in [2.45, 2.75) is 38.5 Å². The highest BCUT2D eigenvalue weighted by Gasteiger charge is 2.53. The van der Waals surface area contributed by atoms with Crippen molar-refractivity contribution in [1.29, 1.82) is 0 Å². The normalized spacial score (nSPS) is 14.6. The van der Waals surface area contributed by atoms with Gasteiger partial charge in [-0.05, 0) is 31.7 Å². The maximum atomic E-state index is 12.6. The molecule has 1 aliphatic carbocycles. The van der Waals surface area contributed by atoms with E-state index in [2.05, 4.69) is 0 Å². The molecule has 4 nitrogen and oxygen atoms in total. The maximum Gasteiger partial charge on any atom is 0.328 e. The van der Waals surface area contributed by atoms with Crippen molar-refractivity contribution in [2.24, 2.45) is 5.92 Å². The highest BCUT2D eigenvalue weighted by atomic mass is 16.6. The molecule has 0 N–H and O–H groups in total. The van der Waals surface area contributed by atoms with Crippen LogP contribution in [0.25, 0.3) is 0 Å². The van der Waals surface area contributed by atoms with E-state index in [1.54, 1.807) is 26.0 Å². The van der Waals surface area contributed by atoms with Gasteiger partial charge in [-0.3, -0.25) is 9.59 Å². The van der Waals surface area contributed by atoms with Crippen LogP contribution in [0, 0.1) is 5.92 Å². The van der Waals surface area contributed by atoms with Gasteiger partial charge in [-0.25, -0.2) is 0 Å². The van der Waals surface area contributed by atoms with Crippen LogP contribution in [0.5, 0.6) is 0 Å². The molecule has 0 saturated heterocycles. The number of carbonyl (C=O) groups is 2. The monoisotopic (exact) mass is 290 g/mol. The van der Waals surface area contributed by atoms with Crippen LogP contribution in [0.3, 0.4) is 0 Å². The lowest BCUT2D eigenvalue weighted by Crippen LogP contribution is -2.46. The summed E-state index contributed by atoms with van der Waals surface area (Å²) in [7, 11) is 0. The van der Waals surface area contributed by atoms with Crippen molar-refractivity contribution in [3.63, 3.8) is 0 Å². The molecular weight excluding hydrogens is 268 g/mol. The number of esters is 2. The summed E-state index contributed by atoms with van der Waals surface area (Å²) < 4.78 is 10.4. The zero-order valence-electron chi connectivity index (χ0n) is 12.6. The van der Waals surface area contributed by atoms with Crippen LogP contribution in [0.4, 0.5) is 0 Å². The molecule has 0 amide bonds. The van der Waals surface area contributed by atoms with Crippen molar-refractivity contribution < 1.29 is 19.1 Å². The molecule has 0 aromatic heterocycles. The second-order valence-corrected chi connectivity index (χ2v) is 5.36. The summed E-state index contributed by atoms with van der Waals surface area (Å²) in [5.41, 5.74) is -0.664. The van der Waals surface area contributed by atoms with Crippen LogP contribution >= 0.6 is 0 Å². The third-order valence-corrected chi connectivity index (χ3v) is 3.81. The molecule has 1 fully saturated rings. The van der Waals surface area contributed by atoms with Gasteiger partial charge in [-0.15, -0.1) is 0 Å². The first-order valence-corrected chi connectivity index (χ1v) is 7.55. The zero-order chi connectivity index (χ0) is 15.3. The second-order valence-electron chi connectivity index (χ2n) is 5.36. The van der Waals surface area contributed by atoms with Gasteiger partial charge in [-0.2, -0.15) is 0 Å². The first-order chi connectivity index (χ1) is 10.1. The molecule has 0 radical (unpaired) electrons. The minimum atomic E-state index is -1.32. The second kappa shape index (κ2) is 6.74. The Morgan fingerprint density at radius 1 is 1.05 bits per heavy atom. The Kier molecular flexibility index (Phi) is 4.99. The number of benzene rings is 1. The van der Waals surface area contributed by atoms with Crippen molar-refractivity contribution in [3.8, 4) is 0 Å². The Morgan fingerprint density at radius 2 is 1.57 bits per heavy atom. The Labute approximate surface area is 125 Å². The fraction of sp³-hybridized carbons (Fsp3) is 0.529. The van der Waals surface area contributed by atoms with Crippen LogP contribution in [0.2, 0.25) is 0 Å². The van der Waals surface area contributed by atoms with E-state index in [0.29, 0.717) is 17.9 Å². The fourth-order valence-corrected chi connectivity index (χ4v) is 2.59. The molecule has 0 atom stereocenters. The van der Waals surface area contributed by atoms with E-state index in [1.165, 1.54) is 0 Å². The van der Waals surface area contributed by atoms with Crippen molar-refractivity contribution in [2.75, 3.05) is 13.2 Å². The van der Waals surface area contributed by atoms with Crippen LogP contribution < -0.4 is 0 Å². The predicted octanol–water partition coefficient (Wildman–Crippen LogP) is 2.85. The third kappa shape index (κ3) is 3.26. The van der Waals surface area contributed by atoms with Crippen LogP contribution in [0.1, 0.15) is 38.7 Å². The first-order valence-electron chi connectivity index (χ1n) is 7.55. The number of rotatable bonds is 7. The molecule has 0 spiro atoms. The molecule has 0 heterocycles. The standard InChI is InChI=1S/C17H22O4/c1-3-20-15(18)17(12-13-10-11-13,16(19)21-4-2)14-8-6-5-7-9-14/h5-9,13H,3-4,10-12H2,1-2H3. The van der Waals surface area contributed by atoms with E-state index in [-0.39, 0.29) is 13.2 Å². The average Bonchev–Trinajstić information content (AvgIpc) is 3.30. The van der Waals surface area contributed by atoms with E-state index < -0.39 is 17.4 Å². The summed E-state index contributed by atoms with van der Waals surface area (Å²) in [5.74, 6) is -0.609. The van der Waals surface area contributed by atoms with Crippen LogP contribution in [0.15, 0.2) is 30.3 Å². The van der Waals surface area contributed by atoms with Gasteiger partial charge in [0.2, 0.25) is 0 Å². The minimum Gasteiger partial charge on any atom is -0.465 e. The van der Waals surface area contributed by atoms with Crippen LogP contribution in [-0.4, -0.2) is 25.2 Å². The largest absolute Gasteiger partial charge is 0.465 e. The summed E-state index contributed by atoms with van der Waals surface area (Å²) in [4.78, 5) is 25.2. The SMILES string of the molecule is CCOC(=O)C(CC1CC1)(C(=O)OCC)c1ccccc1. The first kappa shape index (κ1) is 15.5. The molecule has 21 heavy (non-hydrogen) atoms. The van der Waals surface area contributed by atoms with Gasteiger partial charge in [0, 0.05) is 0 Å². The lowest BCUT2D eigenvalue weighted by atomic mass is 9.76. The molecule has 114 valence electrons. The van der Waals surface area contributed by atoms with E-state index in [0.717, 1.165) is 12.8 Å². The average molecular weight is 290 g/mol. The van der Waals surface area contributed by atoms with Gasteiger partial charge in [-0.1, -0.05) is 43.2 Å². The smallest absolute Gasteiger partial charge is 0.328 e. The molecule has 1 aromatic carbocycles. The topological polar surface area (TPSA) is 52.6 Å². The molecule has 4 heteroatoms. The van der Waals surface area contributed by atoms with Gasteiger partial charge in [0.05, 0.1) is 13.2 Å². The Morgan fingerprint density at radius 3 is 2.00 bits per heavy atom. The fourth-order valence-electron chi connectivity index (χ4n) is 2.59. The van der Waals surface area contributed by atoms with Gasteiger partial charge >= 0.3 is 11.9 Å². The summed E-state index contributed by atoms with van der Waals surface area (Å²) in [6.07, 6.45) is 2.56. The molecular formula is C17H22O4. The lowest BCUT2D eigenvalue weighted by Gasteiger charge is -2.29. The van der Waals surface area contributed by atoms with Crippen LogP contribution in [-0.2, 0) is 24.5 Å². The quantitative estimate of drug-likeness (QED) is 0.572. The van der Waals surface area contributed by atoms with Crippen molar-refractivity contribution >= 4 is 11.9 Å². The predicted molar refractivity (Wildman–Crippen MR) is 78.7 cm³/mol. The lowest BCUT2D eigenvalue weighted by molar-refractivity contribution is -0.165. The van der Waals surface area contributed by atoms with E-state index in [4.69, 9.17) is 9.47 Å². The number of ether oxygens (including phenoxy) is 2. The van der Waals surface area contributed by atoms with E-state index >= 15 is 0 Å². The molecule has 1 aliphatic rings. The van der Waals surface area contributed by atoms with Gasteiger partial charge in [0.1, 0.15) is 0 Å². The Hall–Kier alpha value is -1.84. The molecule has 0 bridgehead atoms. The molecule has 2 rings (SSSR count). The Bertz CT molecular complexity index is 473. The maximum absolute atomic E-state index is 12.6. The van der Waals surface area contributed by atoms with Crippen molar-refractivity contribution in [1.82, 2.24) is 0 Å². The molecule has 1 saturated carbocycles.